The van der Waals surface area contributed by atoms with E-state index < -0.39 is 0 Å². The molecule has 0 amide bonds. The number of imidazole rings is 1. The van der Waals surface area contributed by atoms with Gasteiger partial charge in [-0.2, -0.15) is 0 Å². The van der Waals surface area contributed by atoms with E-state index in [9.17, 15) is 4.79 Å². The Bertz CT molecular complexity index is 843. The quantitative estimate of drug-likeness (QED) is 0.665. The van der Waals surface area contributed by atoms with Crippen LogP contribution in [0.25, 0.3) is 11.0 Å². The second-order valence-electron chi connectivity index (χ2n) is 4.98. The number of rotatable bonds is 2. The first-order valence-corrected chi connectivity index (χ1v) is 7.65. The first-order chi connectivity index (χ1) is 9.50. The Balaban J connectivity index is 2.17. The third kappa shape index (κ3) is 1.91. The van der Waals surface area contributed by atoms with Crippen molar-refractivity contribution in [2.24, 2.45) is 14.1 Å². The van der Waals surface area contributed by atoms with Crippen LogP contribution < -0.4 is 5.69 Å². The smallest absolute Gasteiger partial charge is 0.295 e. The lowest BCUT2D eigenvalue weighted by Crippen LogP contribution is -2.19. The van der Waals surface area contributed by atoms with Crippen LogP contribution in [0.4, 0.5) is 0 Å². The number of alkyl halides is 1. The predicted molar refractivity (Wildman–Crippen MR) is 84.9 cm³/mol. The van der Waals surface area contributed by atoms with Gasteiger partial charge in [0.25, 0.3) is 0 Å². The van der Waals surface area contributed by atoms with Crippen LogP contribution in [0.5, 0.6) is 0 Å². The fourth-order valence-electron chi connectivity index (χ4n) is 2.48. The molecule has 0 aliphatic rings. The van der Waals surface area contributed by atoms with Gasteiger partial charge in [-0.1, -0.05) is 6.07 Å². The van der Waals surface area contributed by atoms with Gasteiger partial charge < -0.3 is 0 Å². The molecule has 0 bridgehead atoms. The fourth-order valence-corrected chi connectivity index (χ4v) is 3.87. The maximum Gasteiger partial charge on any atom is 0.328 e. The number of benzene rings is 1. The lowest BCUT2D eigenvalue weighted by Gasteiger charge is -2.10. The van der Waals surface area contributed by atoms with Gasteiger partial charge in [-0.15, -0.1) is 22.9 Å². The lowest BCUT2D eigenvalue weighted by molar-refractivity contribution is 0.795. The zero-order valence-electron chi connectivity index (χ0n) is 11.6. The molecule has 0 saturated carbocycles. The number of aromatic nitrogens is 2. The second kappa shape index (κ2) is 4.79. The summed E-state index contributed by atoms with van der Waals surface area (Å²) in [6.45, 7) is 2.07. The van der Waals surface area contributed by atoms with Crippen LogP contribution in [0, 0.1) is 6.92 Å². The molecular formula is C15H15ClN2OS. The molecule has 1 atom stereocenters. The van der Waals surface area contributed by atoms with Crippen molar-refractivity contribution >= 4 is 34.0 Å². The van der Waals surface area contributed by atoms with Gasteiger partial charge >= 0.3 is 5.69 Å². The summed E-state index contributed by atoms with van der Waals surface area (Å²) >= 11 is 8.26. The molecule has 2 aromatic heterocycles. The molecular weight excluding hydrogens is 292 g/mol. The Morgan fingerprint density at radius 3 is 2.50 bits per heavy atom. The summed E-state index contributed by atoms with van der Waals surface area (Å²) < 4.78 is 3.31. The van der Waals surface area contributed by atoms with Gasteiger partial charge in [0.05, 0.1) is 16.4 Å². The summed E-state index contributed by atoms with van der Waals surface area (Å²) in [5.41, 5.74) is 4.04. The Morgan fingerprint density at radius 1 is 1.15 bits per heavy atom. The van der Waals surface area contributed by atoms with Crippen molar-refractivity contribution in [2.45, 2.75) is 12.3 Å². The average Bonchev–Trinajstić information content (AvgIpc) is 2.97. The van der Waals surface area contributed by atoms with E-state index in [2.05, 4.69) is 18.4 Å². The molecule has 0 saturated heterocycles. The van der Waals surface area contributed by atoms with Gasteiger partial charge in [-0.3, -0.25) is 9.13 Å². The van der Waals surface area contributed by atoms with Gasteiger partial charge in [0.15, 0.2) is 0 Å². The standard InChI is InChI=1S/C15H15ClN2OS/c1-9-6-7-20-14(9)13(16)10-4-5-11-12(8-10)18(3)15(19)17(11)2/h4-8,13H,1-3H3. The van der Waals surface area contributed by atoms with E-state index in [1.807, 2.05) is 18.2 Å². The van der Waals surface area contributed by atoms with Crippen molar-refractivity contribution in [1.29, 1.82) is 0 Å². The summed E-state index contributed by atoms with van der Waals surface area (Å²) in [6, 6.07) is 8.04. The van der Waals surface area contributed by atoms with Crippen LogP contribution in [-0.4, -0.2) is 9.13 Å². The maximum absolute atomic E-state index is 11.9. The zero-order valence-corrected chi connectivity index (χ0v) is 13.1. The molecule has 20 heavy (non-hydrogen) atoms. The lowest BCUT2D eigenvalue weighted by atomic mass is 10.1. The fraction of sp³-hybridized carbons (Fsp3) is 0.267. The van der Waals surface area contributed by atoms with E-state index in [0.29, 0.717) is 0 Å². The minimum atomic E-state index is -0.172. The van der Waals surface area contributed by atoms with Gasteiger partial charge in [0.2, 0.25) is 0 Å². The summed E-state index contributed by atoms with van der Waals surface area (Å²) in [5.74, 6) is 0. The maximum atomic E-state index is 11.9. The molecule has 0 aliphatic heterocycles. The first-order valence-electron chi connectivity index (χ1n) is 6.34. The van der Waals surface area contributed by atoms with Crippen molar-refractivity contribution < 1.29 is 0 Å². The first kappa shape index (κ1) is 13.5. The Hall–Kier alpha value is -1.52. The molecule has 5 heteroatoms. The van der Waals surface area contributed by atoms with Gasteiger partial charge in [0, 0.05) is 19.0 Å². The third-order valence-electron chi connectivity index (χ3n) is 3.72. The molecule has 0 radical (unpaired) electrons. The van der Waals surface area contributed by atoms with Gasteiger partial charge in [-0.05, 0) is 41.6 Å². The SMILES string of the molecule is Cc1ccsc1C(Cl)c1ccc2c(c1)n(C)c(=O)n2C. The largest absolute Gasteiger partial charge is 0.328 e. The highest BCUT2D eigenvalue weighted by molar-refractivity contribution is 7.10. The van der Waals surface area contributed by atoms with Crippen molar-refractivity contribution in [3.05, 3.63) is 56.1 Å². The predicted octanol–water partition coefficient (Wildman–Crippen LogP) is 3.58. The molecule has 0 N–H and O–H groups in total. The number of nitrogens with zero attached hydrogens (tertiary/aromatic N) is 2. The number of hydrogen-bond donors (Lipinski definition) is 0. The second-order valence-corrected chi connectivity index (χ2v) is 6.36. The van der Waals surface area contributed by atoms with E-state index >= 15 is 0 Å². The molecule has 3 rings (SSSR count). The number of fused-ring (bicyclic) bond motifs is 1. The highest BCUT2D eigenvalue weighted by Crippen LogP contribution is 2.35. The molecule has 0 aliphatic carbocycles. The highest BCUT2D eigenvalue weighted by Gasteiger charge is 2.16. The molecule has 2 heterocycles. The topological polar surface area (TPSA) is 26.9 Å². The van der Waals surface area contributed by atoms with E-state index in [1.54, 1.807) is 34.6 Å². The summed E-state index contributed by atoms with van der Waals surface area (Å²) in [5, 5.41) is 1.88. The number of aryl methyl sites for hydroxylation is 3. The number of thiophene rings is 1. The van der Waals surface area contributed by atoms with Crippen LogP contribution in [0.15, 0.2) is 34.4 Å². The molecule has 3 nitrogen and oxygen atoms in total. The van der Waals surface area contributed by atoms with Crippen LogP contribution in [-0.2, 0) is 14.1 Å². The van der Waals surface area contributed by atoms with E-state index in [-0.39, 0.29) is 11.1 Å². The van der Waals surface area contributed by atoms with Crippen LogP contribution in [0.3, 0.4) is 0 Å². The third-order valence-corrected chi connectivity index (χ3v) is 5.40. The van der Waals surface area contributed by atoms with E-state index in [4.69, 9.17) is 11.6 Å². The van der Waals surface area contributed by atoms with Crippen LogP contribution in [0.2, 0.25) is 0 Å². The van der Waals surface area contributed by atoms with Crippen molar-refractivity contribution in [3.63, 3.8) is 0 Å². The van der Waals surface area contributed by atoms with E-state index in [0.717, 1.165) is 21.5 Å². The summed E-state index contributed by atoms with van der Waals surface area (Å²) in [6.07, 6.45) is 0. The van der Waals surface area contributed by atoms with Crippen molar-refractivity contribution in [1.82, 2.24) is 9.13 Å². The minimum absolute atomic E-state index is 0.0180. The van der Waals surface area contributed by atoms with Gasteiger partial charge in [-0.25, -0.2) is 4.79 Å². The molecule has 1 aromatic carbocycles. The minimum Gasteiger partial charge on any atom is -0.295 e. The van der Waals surface area contributed by atoms with Crippen molar-refractivity contribution in [3.8, 4) is 0 Å². The van der Waals surface area contributed by atoms with Crippen molar-refractivity contribution in [2.75, 3.05) is 0 Å². The van der Waals surface area contributed by atoms with Crippen LogP contribution >= 0.6 is 22.9 Å². The Labute approximate surface area is 126 Å². The normalized spacial score (nSPS) is 13.0. The molecule has 3 aromatic rings. The molecule has 1 unspecified atom stereocenters. The Morgan fingerprint density at radius 2 is 1.85 bits per heavy atom. The van der Waals surface area contributed by atoms with E-state index in [1.165, 1.54) is 5.56 Å². The summed E-state index contributed by atoms with van der Waals surface area (Å²) in [7, 11) is 3.57. The molecule has 104 valence electrons. The summed E-state index contributed by atoms with van der Waals surface area (Å²) in [4.78, 5) is 13.1. The van der Waals surface area contributed by atoms with Crippen LogP contribution in [0.1, 0.15) is 21.4 Å². The monoisotopic (exact) mass is 306 g/mol. The Kier molecular flexibility index (Phi) is 3.22. The average molecular weight is 307 g/mol. The zero-order chi connectivity index (χ0) is 14.4. The highest BCUT2D eigenvalue weighted by atomic mass is 35.5. The molecule has 0 spiro atoms. The molecule has 0 fully saturated rings. The van der Waals surface area contributed by atoms with Gasteiger partial charge in [0.1, 0.15) is 0 Å². The number of halogens is 1. The number of hydrogen-bond acceptors (Lipinski definition) is 2.